The minimum atomic E-state index is -0.875. The first-order chi connectivity index (χ1) is 12.0. The summed E-state index contributed by atoms with van der Waals surface area (Å²) in [5, 5.41) is 21.6. The lowest BCUT2D eigenvalue weighted by molar-refractivity contribution is -0.122. The maximum Gasteiger partial charge on any atom is 0.217 e. The highest BCUT2D eigenvalue weighted by Gasteiger charge is 2.28. The molecule has 0 aromatic heterocycles. The van der Waals surface area contributed by atoms with Crippen molar-refractivity contribution in [2.24, 2.45) is 0 Å². The smallest absolute Gasteiger partial charge is 0.217 e. The molecule has 0 heterocycles. The molecule has 1 rings (SSSR count). The van der Waals surface area contributed by atoms with Gasteiger partial charge in [0.05, 0.1) is 18.8 Å². The minimum absolute atomic E-state index is 0.217. The Labute approximate surface area is 152 Å². The van der Waals surface area contributed by atoms with E-state index in [4.69, 9.17) is 0 Å². The number of benzene rings is 1. The molecular weight excluding hydrogens is 314 g/mol. The van der Waals surface area contributed by atoms with Gasteiger partial charge in [-0.25, -0.2) is 0 Å². The van der Waals surface area contributed by atoms with Crippen LogP contribution in [0.5, 0.6) is 0 Å². The quantitative estimate of drug-likeness (QED) is 0.478. The lowest BCUT2D eigenvalue weighted by Gasteiger charge is -2.30. The Hall–Kier alpha value is -1.39. The van der Waals surface area contributed by atoms with Crippen molar-refractivity contribution in [2.75, 3.05) is 13.2 Å². The zero-order chi connectivity index (χ0) is 18.5. The van der Waals surface area contributed by atoms with Gasteiger partial charge in [0.15, 0.2) is 0 Å². The van der Waals surface area contributed by atoms with Gasteiger partial charge in [-0.1, -0.05) is 56.9 Å². The van der Waals surface area contributed by atoms with E-state index in [2.05, 4.69) is 36.5 Å². The number of rotatable bonds is 13. The second-order valence-corrected chi connectivity index (χ2v) is 7.11. The number of hydrogen-bond acceptors (Lipinski definition) is 3. The van der Waals surface area contributed by atoms with Crippen molar-refractivity contribution >= 4 is 5.91 Å². The molecule has 0 spiro atoms. The van der Waals surface area contributed by atoms with Crippen molar-refractivity contribution in [2.45, 2.75) is 77.2 Å². The van der Waals surface area contributed by atoms with Gasteiger partial charge >= 0.3 is 0 Å². The van der Waals surface area contributed by atoms with Crippen LogP contribution in [0.1, 0.15) is 69.9 Å². The van der Waals surface area contributed by atoms with E-state index in [0.717, 1.165) is 32.1 Å². The Bertz CT molecular complexity index is 480. The summed E-state index contributed by atoms with van der Waals surface area (Å²) in [6.45, 7) is 3.17. The lowest BCUT2D eigenvalue weighted by Crippen LogP contribution is -2.53. The molecule has 0 aliphatic rings. The predicted molar refractivity (Wildman–Crippen MR) is 103 cm³/mol. The van der Waals surface area contributed by atoms with E-state index in [0.29, 0.717) is 6.42 Å². The fourth-order valence-electron chi connectivity index (χ4n) is 3.12. The van der Waals surface area contributed by atoms with Crippen LogP contribution in [0.15, 0.2) is 24.3 Å². The van der Waals surface area contributed by atoms with Crippen LogP contribution in [0.4, 0.5) is 0 Å². The minimum Gasteiger partial charge on any atom is -0.394 e. The van der Waals surface area contributed by atoms with E-state index in [1.54, 1.807) is 0 Å². The van der Waals surface area contributed by atoms with Crippen LogP contribution in [-0.4, -0.2) is 34.9 Å². The van der Waals surface area contributed by atoms with Gasteiger partial charge in [-0.2, -0.15) is 0 Å². The van der Waals surface area contributed by atoms with Gasteiger partial charge in [-0.15, -0.1) is 0 Å². The molecule has 4 heteroatoms. The third-order valence-corrected chi connectivity index (χ3v) is 4.76. The molecular formula is C21H35NO3. The van der Waals surface area contributed by atoms with Gasteiger partial charge in [0, 0.05) is 6.92 Å². The molecule has 0 saturated carbocycles. The molecule has 1 aromatic rings. The number of aryl methyl sites for hydroxylation is 2. The lowest BCUT2D eigenvalue weighted by atomic mass is 9.93. The van der Waals surface area contributed by atoms with E-state index in [-0.39, 0.29) is 19.1 Å². The Morgan fingerprint density at radius 3 is 1.92 bits per heavy atom. The summed E-state index contributed by atoms with van der Waals surface area (Å²) in [5.74, 6) is -0.217. The SMILES string of the molecule is CCCCc1ccc(CCCCCCC(CO)(CO)NC(C)=O)cc1. The molecule has 0 aliphatic carbocycles. The predicted octanol–water partition coefficient (Wildman–Crippen LogP) is 3.38. The number of unbranched alkanes of at least 4 members (excludes halogenated alkanes) is 4. The van der Waals surface area contributed by atoms with E-state index >= 15 is 0 Å². The topological polar surface area (TPSA) is 69.6 Å². The molecule has 0 unspecified atom stereocenters. The summed E-state index contributed by atoms with van der Waals surface area (Å²) in [6.07, 6.45) is 9.52. The zero-order valence-electron chi connectivity index (χ0n) is 15.9. The normalized spacial score (nSPS) is 11.5. The summed E-state index contributed by atoms with van der Waals surface area (Å²) in [4.78, 5) is 11.2. The first-order valence-electron chi connectivity index (χ1n) is 9.63. The van der Waals surface area contributed by atoms with Gasteiger partial charge in [-0.3, -0.25) is 4.79 Å². The Kier molecular flexibility index (Phi) is 10.4. The van der Waals surface area contributed by atoms with E-state index in [1.807, 2.05) is 0 Å². The van der Waals surface area contributed by atoms with Crippen molar-refractivity contribution < 1.29 is 15.0 Å². The molecule has 1 aromatic carbocycles. The van der Waals surface area contributed by atoms with Gasteiger partial charge in [-0.05, 0) is 43.2 Å². The van der Waals surface area contributed by atoms with Crippen LogP contribution in [-0.2, 0) is 17.6 Å². The number of carbonyl (C=O) groups excluding carboxylic acids is 1. The first-order valence-corrected chi connectivity index (χ1v) is 9.63. The van der Waals surface area contributed by atoms with Gasteiger partial charge < -0.3 is 15.5 Å². The molecule has 0 bridgehead atoms. The second-order valence-electron chi connectivity index (χ2n) is 7.11. The van der Waals surface area contributed by atoms with Crippen LogP contribution in [0.3, 0.4) is 0 Å². The summed E-state index contributed by atoms with van der Waals surface area (Å²) in [5.41, 5.74) is 1.94. The number of aliphatic hydroxyl groups excluding tert-OH is 2. The molecule has 0 atom stereocenters. The number of nitrogens with one attached hydrogen (secondary N) is 1. The van der Waals surface area contributed by atoms with Crippen molar-refractivity contribution in [3.05, 3.63) is 35.4 Å². The number of amides is 1. The Morgan fingerprint density at radius 2 is 1.44 bits per heavy atom. The van der Waals surface area contributed by atoms with Gasteiger partial charge in [0.1, 0.15) is 0 Å². The number of hydrogen-bond donors (Lipinski definition) is 3. The van der Waals surface area contributed by atoms with Crippen LogP contribution in [0.25, 0.3) is 0 Å². The Morgan fingerprint density at radius 1 is 0.920 bits per heavy atom. The van der Waals surface area contributed by atoms with E-state index in [1.165, 1.54) is 37.3 Å². The summed E-state index contributed by atoms with van der Waals surface area (Å²) in [6, 6.07) is 8.97. The molecule has 3 N–H and O–H groups in total. The van der Waals surface area contributed by atoms with Crippen molar-refractivity contribution in [3.63, 3.8) is 0 Å². The molecule has 0 aliphatic heterocycles. The molecule has 142 valence electrons. The van der Waals surface area contributed by atoms with E-state index < -0.39 is 5.54 Å². The molecule has 0 fully saturated rings. The average molecular weight is 350 g/mol. The monoisotopic (exact) mass is 349 g/mol. The zero-order valence-corrected chi connectivity index (χ0v) is 15.9. The second kappa shape index (κ2) is 12.0. The fraction of sp³-hybridized carbons (Fsp3) is 0.667. The van der Waals surface area contributed by atoms with Gasteiger partial charge in [0.2, 0.25) is 5.91 Å². The van der Waals surface area contributed by atoms with Crippen molar-refractivity contribution in [3.8, 4) is 0 Å². The van der Waals surface area contributed by atoms with Crippen LogP contribution < -0.4 is 5.32 Å². The highest BCUT2D eigenvalue weighted by Crippen LogP contribution is 2.17. The fourth-order valence-corrected chi connectivity index (χ4v) is 3.12. The van der Waals surface area contributed by atoms with Crippen LogP contribution in [0.2, 0.25) is 0 Å². The van der Waals surface area contributed by atoms with E-state index in [9.17, 15) is 15.0 Å². The average Bonchev–Trinajstić information content (AvgIpc) is 2.62. The maximum atomic E-state index is 11.2. The van der Waals surface area contributed by atoms with Gasteiger partial charge in [0.25, 0.3) is 0 Å². The highest BCUT2D eigenvalue weighted by atomic mass is 16.3. The third kappa shape index (κ3) is 8.50. The highest BCUT2D eigenvalue weighted by molar-refractivity contribution is 5.73. The summed E-state index contributed by atoms with van der Waals surface area (Å²) < 4.78 is 0. The summed E-state index contributed by atoms with van der Waals surface area (Å²) >= 11 is 0. The standard InChI is InChI=1S/C21H35NO3/c1-3-4-9-19-11-13-20(14-12-19)10-7-5-6-8-15-21(16-23,17-24)22-18(2)25/h11-14,23-24H,3-10,15-17H2,1-2H3,(H,22,25). The van der Waals surface area contributed by atoms with Crippen LogP contribution >= 0.6 is 0 Å². The van der Waals surface area contributed by atoms with Crippen molar-refractivity contribution in [1.29, 1.82) is 0 Å². The molecule has 1 amide bonds. The number of carbonyl (C=O) groups is 1. The largest absolute Gasteiger partial charge is 0.394 e. The molecule has 0 saturated heterocycles. The van der Waals surface area contributed by atoms with Crippen molar-refractivity contribution in [1.82, 2.24) is 5.32 Å². The summed E-state index contributed by atoms with van der Waals surface area (Å²) in [7, 11) is 0. The van der Waals surface area contributed by atoms with Crippen LogP contribution in [0, 0.1) is 0 Å². The molecule has 4 nitrogen and oxygen atoms in total. The molecule has 0 radical (unpaired) electrons. The maximum absolute atomic E-state index is 11.2. The third-order valence-electron chi connectivity index (χ3n) is 4.76. The molecule has 25 heavy (non-hydrogen) atoms. The Balaban J connectivity index is 2.23. The number of aliphatic hydroxyl groups is 2. The first kappa shape index (κ1) is 21.7.